The third-order valence-corrected chi connectivity index (χ3v) is 4.99. The van der Waals surface area contributed by atoms with Gasteiger partial charge in [-0.05, 0) is 18.6 Å². The van der Waals surface area contributed by atoms with Crippen LogP contribution in [-0.4, -0.2) is 38.9 Å². The monoisotopic (exact) mass is 320 g/mol. The molecule has 2 N–H and O–H groups in total. The van der Waals surface area contributed by atoms with Crippen molar-refractivity contribution in [3.05, 3.63) is 23.2 Å². The van der Waals surface area contributed by atoms with E-state index in [2.05, 4.69) is 4.74 Å². The van der Waals surface area contributed by atoms with Gasteiger partial charge in [-0.2, -0.15) is 4.31 Å². The Balaban J connectivity index is 3.26. The first-order chi connectivity index (χ1) is 9.34. The molecule has 0 radical (unpaired) electrons. The lowest BCUT2D eigenvalue weighted by molar-refractivity contribution is -0.140. The van der Waals surface area contributed by atoms with Crippen molar-refractivity contribution >= 4 is 33.3 Å². The maximum Gasteiger partial charge on any atom is 0.321 e. The zero-order valence-corrected chi connectivity index (χ0v) is 12.9. The molecular weight excluding hydrogens is 304 g/mol. The Morgan fingerprint density at radius 1 is 1.45 bits per heavy atom. The number of anilines is 1. The van der Waals surface area contributed by atoms with Gasteiger partial charge < -0.3 is 10.5 Å². The number of nitrogen functional groups attached to an aromatic ring is 1. The molecule has 0 unspecified atom stereocenters. The highest BCUT2D eigenvalue weighted by Crippen LogP contribution is 2.29. The third-order valence-electron chi connectivity index (χ3n) is 2.60. The minimum atomic E-state index is -3.95. The van der Waals surface area contributed by atoms with Gasteiger partial charge in [-0.25, -0.2) is 8.42 Å². The van der Waals surface area contributed by atoms with Crippen molar-refractivity contribution in [3.63, 3.8) is 0 Å². The zero-order chi connectivity index (χ0) is 15.3. The lowest BCUT2D eigenvalue weighted by Crippen LogP contribution is -2.37. The van der Waals surface area contributed by atoms with Crippen LogP contribution in [0.25, 0.3) is 0 Å². The van der Waals surface area contributed by atoms with Crippen LogP contribution in [0, 0.1) is 0 Å². The number of ether oxygens (including phenoxy) is 1. The van der Waals surface area contributed by atoms with Crippen molar-refractivity contribution in [2.24, 2.45) is 0 Å². The Labute approximate surface area is 123 Å². The number of methoxy groups -OCH3 is 1. The number of nitrogens with zero attached hydrogens (tertiary/aromatic N) is 1. The maximum absolute atomic E-state index is 12.6. The van der Waals surface area contributed by atoms with Gasteiger partial charge in [0.2, 0.25) is 10.0 Å². The van der Waals surface area contributed by atoms with Crippen LogP contribution in [0.15, 0.2) is 23.1 Å². The lowest BCUT2D eigenvalue weighted by Gasteiger charge is -2.21. The quantitative estimate of drug-likeness (QED) is 0.633. The number of sulfonamides is 1. The van der Waals surface area contributed by atoms with Crippen LogP contribution in [0.4, 0.5) is 5.69 Å². The number of hydrogen-bond donors (Lipinski definition) is 1. The number of carbonyl (C=O) groups is 1. The number of esters is 1. The molecule has 20 heavy (non-hydrogen) atoms. The van der Waals surface area contributed by atoms with Gasteiger partial charge in [0.25, 0.3) is 0 Å². The second kappa shape index (κ2) is 6.92. The Morgan fingerprint density at radius 2 is 2.10 bits per heavy atom. The average Bonchev–Trinajstić information content (AvgIpc) is 2.37. The van der Waals surface area contributed by atoms with E-state index in [4.69, 9.17) is 17.3 Å². The standard InChI is InChI=1S/C12H17ClN2O4S/c1-3-7-15(8-11(16)19-2)20(17,18)12-9(13)5-4-6-10(12)14/h4-6H,3,7-8,14H2,1-2H3. The predicted octanol–water partition coefficient (Wildman–Crippen LogP) is 1.50. The third kappa shape index (κ3) is 3.62. The summed E-state index contributed by atoms with van der Waals surface area (Å²) in [6.45, 7) is 1.59. The fraction of sp³-hybridized carbons (Fsp3) is 0.417. The van der Waals surface area contributed by atoms with E-state index < -0.39 is 16.0 Å². The highest BCUT2D eigenvalue weighted by Gasteiger charge is 2.30. The van der Waals surface area contributed by atoms with Gasteiger partial charge in [-0.1, -0.05) is 24.6 Å². The summed E-state index contributed by atoms with van der Waals surface area (Å²) in [7, 11) is -2.76. The van der Waals surface area contributed by atoms with E-state index in [0.29, 0.717) is 6.42 Å². The molecular formula is C12H17ClN2O4S. The first-order valence-electron chi connectivity index (χ1n) is 5.95. The molecule has 0 fully saturated rings. The SMILES string of the molecule is CCCN(CC(=O)OC)S(=O)(=O)c1c(N)cccc1Cl. The van der Waals surface area contributed by atoms with Gasteiger partial charge in [-0.15, -0.1) is 0 Å². The maximum atomic E-state index is 12.6. The van der Waals surface area contributed by atoms with Gasteiger partial charge >= 0.3 is 5.97 Å². The number of benzene rings is 1. The minimum Gasteiger partial charge on any atom is -0.468 e. The Morgan fingerprint density at radius 3 is 2.60 bits per heavy atom. The number of hydrogen-bond acceptors (Lipinski definition) is 5. The van der Waals surface area contributed by atoms with Crippen molar-refractivity contribution in [2.45, 2.75) is 18.2 Å². The first kappa shape index (κ1) is 16.7. The van der Waals surface area contributed by atoms with Gasteiger partial charge in [-0.3, -0.25) is 4.79 Å². The second-order valence-electron chi connectivity index (χ2n) is 4.07. The largest absolute Gasteiger partial charge is 0.468 e. The summed E-state index contributed by atoms with van der Waals surface area (Å²) >= 11 is 5.93. The highest BCUT2D eigenvalue weighted by atomic mass is 35.5. The Bertz CT molecular complexity index is 569. The molecule has 6 nitrogen and oxygen atoms in total. The van der Waals surface area contributed by atoms with Crippen LogP contribution in [-0.2, 0) is 19.6 Å². The average molecular weight is 321 g/mol. The summed E-state index contributed by atoms with van der Waals surface area (Å²) in [6, 6.07) is 4.44. The predicted molar refractivity (Wildman–Crippen MR) is 76.9 cm³/mol. The van der Waals surface area contributed by atoms with Gasteiger partial charge in [0, 0.05) is 6.54 Å². The molecule has 1 rings (SSSR count). The van der Waals surface area contributed by atoms with E-state index in [1.807, 2.05) is 0 Å². The van der Waals surface area contributed by atoms with Gasteiger partial charge in [0.1, 0.15) is 11.4 Å². The number of rotatable bonds is 6. The molecule has 0 heterocycles. The fourth-order valence-corrected chi connectivity index (χ4v) is 3.78. The van der Waals surface area contributed by atoms with E-state index in [1.54, 1.807) is 13.0 Å². The van der Waals surface area contributed by atoms with Crippen LogP contribution in [0.1, 0.15) is 13.3 Å². The number of halogens is 1. The molecule has 0 bridgehead atoms. The van der Waals surface area contributed by atoms with Crippen LogP contribution in [0.2, 0.25) is 5.02 Å². The molecule has 8 heteroatoms. The molecule has 1 aromatic rings. The van der Waals surface area contributed by atoms with Crippen molar-refractivity contribution in [1.29, 1.82) is 0 Å². The topological polar surface area (TPSA) is 89.7 Å². The van der Waals surface area contributed by atoms with Crippen molar-refractivity contribution in [1.82, 2.24) is 4.31 Å². The molecule has 0 aromatic heterocycles. The van der Waals surface area contributed by atoms with E-state index >= 15 is 0 Å². The molecule has 0 saturated heterocycles. The number of nitrogens with two attached hydrogens (primary N) is 1. The van der Waals surface area contributed by atoms with Crippen LogP contribution in [0.5, 0.6) is 0 Å². The van der Waals surface area contributed by atoms with E-state index in [9.17, 15) is 13.2 Å². The van der Waals surface area contributed by atoms with E-state index in [1.165, 1.54) is 19.2 Å². The molecule has 0 atom stereocenters. The summed E-state index contributed by atoms with van der Waals surface area (Å²) in [5, 5.41) is 0.0240. The number of carbonyl (C=O) groups excluding carboxylic acids is 1. The lowest BCUT2D eigenvalue weighted by atomic mass is 10.3. The molecule has 0 spiro atoms. The first-order valence-corrected chi connectivity index (χ1v) is 7.77. The van der Waals surface area contributed by atoms with Crippen molar-refractivity contribution in [3.8, 4) is 0 Å². The Kier molecular flexibility index (Phi) is 5.79. The van der Waals surface area contributed by atoms with E-state index in [0.717, 1.165) is 4.31 Å². The van der Waals surface area contributed by atoms with Crippen LogP contribution in [0.3, 0.4) is 0 Å². The molecule has 0 saturated carbocycles. The smallest absolute Gasteiger partial charge is 0.321 e. The summed E-state index contributed by atoms with van der Waals surface area (Å²) in [5.74, 6) is -0.646. The second-order valence-corrected chi connectivity index (χ2v) is 6.35. The van der Waals surface area contributed by atoms with E-state index in [-0.39, 0.29) is 28.7 Å². The Hall–Kier alpha value is -1.31. The molecule has 0 aliphatic heterocycles. The van der Waals surface area contributed by atoms with Gasteiger partial charge in [0.05, 0.1) is 17.8 Å². The fourth-order valence-electron chi connectivity index (χ4n) is 1.67. The molecule has 1 aromatic carbocycles. The highest BCUT2D eigenvalue weighted by molar-refractivity contribution is 7.89. The van der Waals surface area contributed by atoms with Crippen molar-refractivity contribution < 1.29 is 17.9 Å². The van der Waals surface area contributed by atoms with Crippen molar-refractivity contribution in [2.75, 3.05) is 25.9 Å². The molecule has 0 aliphatic rings. The summed E-state index contributed by atoms with van der Waals surface area (Å²) < 4.78 is 30.7. The minimum absolute atomic E-state index is 0.0240. The van der Waals surface area contributed by atoms with Crippen LogP contribution < -0.4 is 5.73 Å². The zero-order valence-electron chi connectivity index (χ0n) is 11.3. The molecule has 112 valence electrons. The summed E-state index contributed by atoms with van der Waals surface area (Å²) in [5.41, 5.74) is 5.74. The molecule has 0 amide bonds. The summed E-state index contributed by atoms with van der Waals surface area (Å²) in [6.07, 6.45) is 0.542. The summed E-state index contributed by atoms with van der Waals surface area (Å²) in [4.78, 5) is 11.2. The normalized spacial score (nSPS) is 11.6. The van der Waals surface area contributed by atoms with Gasteiger partial charge in [0.15, 0.2) is 0 Å². The van der Waals surface area contributed by atoms with Crippen LogP contribution >= 0.6 is 11.6 Å². The molecule has 0 aliphatic carbocycles.